The minimum atomic E-state index is -1.04. The standard InChI is InChI=1S/C26H26N4O5/c1-29-14-21(23(28-29)24(31)30-13-7-6-12-22(30)25(32)33)27-26(34)35-15-20-18-10-4-2-8-16(18)17-9-3-5-11-19(17)20/h2-5,8-11,14,20,22H,6-7,12-13,15H2,1H3,(H,27,34)(H,32,33)/t22-/m1/s1. The van der Waals surface area contributed by atoms with E-state index in [9.17, 15) is 19.5 Å². The van der Waals surface area contributed by atoms with Crippen LogP contribution < -0.4 is 5.32 Å². The van der Waals surface area contributed by atoms with E-state index in [2.05, 4.69) is 22.5 Å². The molecule has 2 aliphatic rings. The smallest absolute Gasteiger partial charge is 0.411 e. The highest BCUT2D eigenvalue weighted by Gasteiger charge is 2.35. The van der Waals surface area contributed by atoms with Gasteiger partial charge in [-0.05, 0) is 41.5 Å². The molecule has 1 aliphatic heterocycles. The maximum atomic E-state index is 13.2. The summed E-state index contributed by atoms with van der Waals surface area (Å²) in [6, 6.07) is 15.2. The number of carboxylic acid groups (broad SMARTS) is 1. The normalized spacial score (nSPS) is 16.9. The van der Waals surface area contributed by atoms with E-state index in [-0.39, 0.29) is 23.9 Å². The van der Waals surface area contributed by atoms with Crippen molar-refractivity contribution in [2.45, 2.75) is 31.2 Å². The Balaban J connectivity index is 1.30. The van der Waals surface area contributed by atoms with Gasteiger partial charge in [0.05, 0.1) is 5.69 Å². The Kier molecular flexibility index (Phi) is 5.98. The third-order valence-electron chi connectivity index (χ3n) is 6.66. The zero-order valence-electron chi connectivity index (χ0n) is 19.3. The van der Waals surface area contributed by atoms with Gasteiger partial charge in [0.15, 0.2) is 5.69 Å². The van der Waals surface area contributed by atoms with Gasteiger partial charge >= 0.3 is 12.1 Å². The van der Waals surface area contributed by atoms with Crippen LogP contribution in [-0.4, -0.2) is 57.0 Å². The van der Waals surface area contributed by atoms with Gasteiger partial charge in [-0.1, -0.05) is 48.5 Å². The van der Waals surface area contributed by atoms with Gasteiger partial charge in [0, 0.05) is 25.7 Å². The second-order valence-electron chi connectivity index (χ2n) is 8.86. The molecule has 1 aromatic heterocycles. The summed E-state index contributed by atoms with van der Waals surface area (Å²) >= 11 is 0. The third-order valence-corrected chi connectivity index (χ3v) is 6.66. The minimum Gasteiger partial charge on any atom is -0.480 e. The predicted octanol–water partition coefficient (Wildman–Crippen LogP) is 3.86. The van der Waals surface area contributed by atoms with Crippen molar-refractivity contribution in [3.63, 3.8) is 0 Å². The van der Waals surface area contributed by atoms with E-state index < -0.39 is 24.0 Å². The Labute approximate surface area is 202 Å². The van der Waals surface area contributed by atoms with Crippen LogP contribution in [0.15, 0.2) is 54.7 Å². The fraction of sp³-hybridized carbons (Fsp3) is 0.308. The molecule has 0 spiro atoms. The average Bonchev–Trinajstić information content (AvgIpc) is 3.39. The van der Waals surface area contributed by atoms with Crippen LogP contribution in [0.3, 0.4) is 0 Å². The van der Waals surface area contributed by atoms with E-state index in [1.165, 1.54) is 15.8 Å². The Morgan fingerprint density at radius 2 is 1.71 bits per heavy atom. The topological polar surface area (TPSA) is 114 Å². The Morgan fingerprint density at radius 3 is 2.37 bits per heavy atom. The van der Waals surface area contributed by atoms with Gasteiger partial charge in [-0.25, -0.2) is 9.59 Å². The van der Waals surface area contributed by atoms with Crippen molar-refractivity contribution in [1.29, 1.82) is 0 Å². The van der Waals surface area contributed by atoms with Crippen molar-refractivity contribution < 1.29 is 24.2 Å². The number of benzene rings is 2. The summed E-state index contributed by atoms with van der Waals surface area (Å²) in [5.41, 5.74) is 4.64. The Bertz CT molecular complexity index is 1250. The van der Waals surface area contributed by atoms with Gasteiger partial charge < -0.3 is 14.7 Å². The van der Waals surface area contributed by atoms with E-state index in [0.29, 0.717) is 13.0 Å². The lowest BCUT2D eigenvalue weighted by Crippen LogP contribution is -2.48. The molecule has 1 atom stereocenters. The van der Waals surface area contributed by atoms with Crippen LogP contribution in [0.1, 0.15) is 46.8 Å². The van der Waals surface area contributed by atoms with Crippen molar-refractivity contribution in [2.75, 3.05) is 18.5 Å². The monoisotopic (exact) mass is 474 g/mol. The third kappa shape index (κ3) is 4.25. The Hall–Kier alpha value is -4.14. The van der Waals surface area contributed by atoms with Crippen LogP contribution in [0, 0.1) is 0 Å². The second kappa shape index (κ2) is 9.25. The molecule has 9 heteroatoms. The summed E-state index contributed by atoms with van der Waals surface area (Å²) in [6.07, 6.45) is 2.66. The van der Waals surface area contributed by atoms with Gasteiger partial charge in [-0.3, -0.25) is 14.8 Å². The molecule has 35 heavy (non-hydrogen) atoms. The van der Waals surface area contributed by atoms with E-state index in [1.807, 2.05) is 36.4 Å². The highest BCUT2D eigenvalue weighted by Crippen LogP contribution is 2.44. The van der Waals surface area contributed by atoms with Crippen molar-refractivity contribution in [2.24, 2.45) is 7.05 Å². The molecule has 2 N–H and O–H groups in total. The van der Waals surface area contributed by atoms with E-state index in [1.54, 1.807) is 7.05 Å². The summed E-state index contributed by atoms with van der Waals surface area (Å²) in [5, 5.41) is 16.3. The number of nitrogens with one attached hydrogen (secondary N) is 1. The Morgan fingerprint density at radius 1 is 1.06 bits per heavy atom. The highest BCUT2D eigenvalue weighted by atomic mass is 16.5. The molecule has 9 nitrogen and oxygen atoms in total. The number of hydrogen-bond acceptors (Lipinski definition) is 5. The van der Waals surface area contributed by atoms with Gasteiger partial charge in [0.2, 0.25) is 0 Å². The van der Waals surface area contributed by atoms with Gasteiger partial charge in [-0.15, -0.1) is 0 Å². The molecule has 0 saturated carbocycles. The largest absolute Gasteiger partial charge is 0.480 e. The maximum Gasteiger partial charge on any atom is 0.411 e. The van der Waals surface area contributed by atoms with Crippen LogP contribution >= 0.6 is 0 Å². The van der Waals surface area contributed by atoms with E-state index in [4.69, 9.17) is 4.74 Å². The van der Waals surface area contributed by atoms with Gasteiger partial charge in [0.1, 0.15) is 12.6 Å². The molecule has 0 bridgehead atoms. The van der Waals surface area contributed by atoms with Crippen molar-refractivity contribution in [3.8, 4) is 11.1 Å². The first-order valence-corrected chi connectivity index (χ1v) is 11.6. The molecule has 3 aromatic rings. The first-order valence-electron chi connectivity index (χ1n) is 11.6. The van der Waals surface area contributed by atoms with E-state index in [0.717, 1.165) is 35.1 Å². The zero-order valence-corrected chi connectivity index (χ0v) is 19.3. The number of aromatic nitrogens is 2. The predicted molar refractivity (Wildman–Crippen MR) is 128 cm³/mol. The van der Waals surface area contributed by atoms with Crippen LogP contribution in [0.5, 0.6) is 0 Å². The molecule has 2 aromatic carbocycles. The van der Waals surface area contributed by atoms with Crippen LogP contribution in [0.25, 0.3) is 11.1 Å². The molecular formula is C26H26N4O5. The lowest BCUT2D eigenvalue weighted by Gasteiger charge is -2.32. The van der Waals surface area contributed by atoms with Crippen LogP contribution in [0.2, 0.25) is 0 Å². The summed E-state index contributed by atoms with van der Waals surface area (Å²) in [6.45, 7) is 0.466. The van der Waals surface area contributed by atoms with Crippen molar-refractivity contribution >= 4 is 23.7 Å². The maximum absolute atomic E-state index is 13.2. The molecule has 1 saturated heterocycles. The van der Waals surface area contributed by atoms with Crippen molar-refractivity contribution in [1.82, 2.24) is 14.7 Å². The highest BCUT2D eigenvalue weighted by molar-refractivity contribution is 6.02. The number of anilines is 1. The first-order chi connectivity index (χ1) is 16.9. The number of nitrogens with zero attached hydrogens (tertiary/aromatic N) is 3. The molecular weight excluding hydrogens is 448 g/mol. The minimum absolute atomic E-state index is 0.00541. The molecule has 0 radical (unpaired) electrons. The number of aliphatic carboxylic acids is 1. The lowest BCUT2D eigenvalue weighted by atomic mass is 9.98. The second-order valence-corrected chi connectivity index (χ2v) is 8.86. The quantitative estimate of drug-likeness (QED) is 0.581. The van der Waals surface area contributed by atoms with Gasteiger partial charge in [-0.2, -0.15) is 5.10 Å². The number of ether oxygens (including phenoxy) is 1. The summed E-state index contributed by atoms with van der Waals surface area (Å²) in [7, 11) is 1.63. The molecule has 1 fully saturated rings. The summed E-state index contributed by atoms with van der Waals surface area (Å²) in [4.78, 5) is 38.9. The zero-order chi connectivity index (χ0) is 24.5. The van der Waals surface area contributed by atoms with Gasteiger partial charge in [0.25, 0.3) is 5.91 Å². The number of fused-ring (bicyclic) bond motifs is 3. The number of rotatable bonds is 5. The average molecular weight is 475 g/mol. The fourth-order valence-corrected chi connectivity index (χ4v) is 5.05. The number of hydrogen-bond donors (Lipinski definition) is 2. The molecule has 2 heterocycles. The van der Waals surface area contributed by atoms with E-state index >= 15 is 0 Å². The molecule has 0 unspecified atom stereocenters. The number of piperidine rings is 1. The summed E-state index contributed by atoms with van der Waals surface area (Å²) < 4.78 is 7.00. The SMILES string of the molecule is Cn1cc(NC(=O)OCC2c3ccccc3-c3ccccc32)c(C(=O)N2CCCC[C@@H]2C(=O)O)n1. The van der Waals surface area contributed by atoms with Crippen LogP contribution in [0.4, 0.5) is 10.5 Å². The van der Waals surface area contributed by atoms with Crippen LogP contribution in [-0.2, 0) is 16.6 Å². The first kappa shape index (κ1) is 22.6. The lowest BCUT2D eigenvalue weighted by molar-refractivity contribution is -0.143. The molecule has 2 amide bonds. The number of likely N-dealkylation sites (tertiary alicyclic amines) is 1. The summed E-state index contributed by atoms with van der Waals surface area (Å²) in [5.74, 6) is -1.65. The number of carbonyl (C=O) groups excluding carboxylic acids is 2. The van der Waals surface area contributed by atoms with Crippen molar-refractivity contribution in [3.05, 3.63) is 71.5 Å². The number of amides is 2. The fourth-order valence-electron chi connectivity index (χ4n) is 5.05. The molecule has 180 valence electrons. The molecule has 1 aliphatic carbocycles. The number of carboxylic acids is 1. The molecule has 5 rings (SSSR count). The number of aryl methyl sites for hydroxylation is 1. The number of carbonyl (C=O) groups is 3.